The third-order valence-corrected chi connectivity index (χ3v) is 5.54. The number of rotatable bonds is 7. The largest absolute Gasteiger partial charge is 0.352 e. The molecular formula is C19H26ClN3O3S. The summed E-state index contributed by atoms with van der Waals surface area (Å²) in [6.45, 7) is 6.13. The number of benzene rings is 2. The lowest BCUT2D eigenvalue weighted by Crippen LogP contribution is -2.28. The molecule has 0 aromatic heterocycles. The van der Waals surface area contributed by atoms with Crippen LogP contribution >= 0.6 is 12.4 Å². The average molecular weight is 412 g/mol. The van der Waals surface area contributed by atoms with Gasteiger partial charge in [-0.3, -0.25) is 9.52 Å². The van der Waals surface area contributed by atoms with Crippen LogP contribution in [0.2, 0.25) is 0 Å². The van der Waals surface area contributed by atoms with E-state index in [0.29, 0.717) is 24.2 Å². The van der Waals surface area contributed by atoms with E-state index in [1.54, 1.807) is 12.1 Å². The number of anilines is 1. The van der Waals surface area contributed by atoms with Crippen molar-refractivity contribution in [1.82, 2.24) is 5.32 Å². The van der Waals surface area contributed by atoms with Crippen LogP contribution in [0.25, 0.3) is 0 Å². The topological polar surface area (TPSA) is 101 Å². The Morgan fingerprint density at radius 3 is 2.33 bits per heavy atom. The molecule has 4 N–H and O–H groups in total. The summed E-state index contributed by atoms with van der Waals surface area (Å²) in [6, 6.07) is 11.3. The van der Waals surface area contributed by atoms with Gasteiger partial charge in [0.1, 0.15) is 0 Å². The van der Waals surface area contributed by atoms with Gasteiger partial charge in [0.05, 0.1) is 10.6 Å². The third-order valence-electron chi connectivity index (χ3n) is 4.16. The van der Waals surface area contributed by atoms with E-state index in [2.05, 4.69) is 10.0 Å². The minimum absolute atomic E-state index is 0. The molecule has 1 unspecified atom stereocenters. The summed E-state index contributed by atoms with van der Waals surface area (Å²) in [5.74, 6) is -0.253. The molecule has 0 heterocycles. The summed E-state index contributed by atoms with van der Waals surface area (Å²) in [5.41, 5.74) is 8.47. The number of hydrogen-bond donors (Lipinski definition) is 3. The molecule has 148 valence electrons. The number of aryl methyl sites for hydroxylation is 1. The Bertz CT molecular complexity index is 882. The SMILES string of the molecule is Cc1cccc(NS(=O)(=O)c2ccc(C(=O)NCCC(C)N)cc2)c1C.Cl. The van der Waals surface area contributed by atoms with Crippen molar-refractivity contribution in [3.05, 3.63) is 59.2 Å². The summed E-state index contributed by atoms with van der Waals surface area (Å²) >= 11 is 0. The van der Waals surface area contributed by atoms with E-state index >= 15 is 0 Å². The monoisotopic (exact) mass is 411 g/mol. The number of sulfonamides is 1. The highest BCUT2D eigenvalue weighted by molar-refractivity contribution is 7.92. The average Bonchev–Trinajstić information content (AvgIpc) is 2.58. The van der Waals surface area contributed by atoms with Crippen LogP contribution in [0.5, 0.6) is 0 Å². The second-order valence-corrected chi connectivity index (χ2v) is 8.08. The van der Waals surface area contributed by atoms with Gasteiger partial charge in [-0.15, -0.1) is 12.4 Å². The zero-order valence-corrected chi connectivity index (χ0v) is 17.3. The van der Waals surface area contributed by atoms with E-state index in [-0.39, 0.29) is 29.3 Å². The number of carbonyl (C=O) groups is 1. The van der Waals surface area contributed by atoms with Crippen LogP contribution in [0.3, 0.4) is 0 Å². The zero-order valence-electron chi connectivity index (χ0n) is 15.7. The summed E-state index contributed by atoms with van der Waals surface area (Å²) in [4.78, 5) is 12.1. The molecule has 0 aliphatic carbocycles. The lowest BCUT2D eigenvalue weighted by Gasteiger charge is -2.12. The molecule has 0 saturated carbocycles. The van der Waals surface area contributed by atoms with E-state index in [1.807, 2.05) is 26.8 Å². The molecule has 0 bridgehead atoms. The standard InChI is InChI=1S/C19H25N3O3S.ClH/c1-13-5-4-6-18(15(13)3)22-26(24,25)17-9-7-16(8-10-17)19(23)21-12-11-14(2)20;/h4-10,14,22H,11-12,20H2,1-3H3,(H,21,23);1H. The van der Waals surface area contributed by atoms with Gasteiger partial charge in [-0.05, 0) is 68.7 Å². The Morgan fingerprint density at radius 1 is 1.11 bits per heavy atom. The van der Waals surface area contributed by atoms with Gasteiger partial charge in [0.2, 0.25) is 0 Å². The normalized spacial score (nSPS) is 12.0. The predicted molar refractivity (Wildman–Crippen MR) is 111 cm³/mol. The molecule has 0 fully saturated rings. The fourth-order valence-electron chi connectivity index (χ4n) is 2.37. The quantitative estimate of drug-likeness (QED) is 0.651. The van der Waals surface area contributed by atoms with Crippen molar-refractivity contribution in [2.45, 2.75) is 38.1 Å². The highest BCUT2D eigenvalue weighted by atomic mass is 35.5. The van der Waals surface area contributed by atoms with Gasteiger partial charge in [0.25, 0.3) is 15.9 Å². The van der Waals surface area contributed by atoms with Crippen LogP contribution in [0.15, 0.2) is 47.4 Å². The summed E-state index contributed by atoms with van der Waals surface area (Å²) in [5, 5.41) is 2.76. The molecule has 2 aromatic carbocycles. The van der Waals surface area contributed by atoms with Gasteiger partial charge in [0.15, 0.2) is 0 Å². The maximum absolute atomic E-state index is 12.6. The molecule has 0 spiro atoms. The first-order chi connectivity index (χ1) is 12.2. The highest BCUT2D eigenvalue weighted by Gasteiger charge is 2.16. The molecule has 2 aromatic rings. The van der Waals surface area contributed by atoms with Crippen LogP contribution < -0.4 is 15.8 Å². The first-order valence-corrected chi connectivity index (χ1v) is 9.92. The number of nitrogens with two attached hydrogens (primary N) is 1. The minimum Gasteiger partial charge on any atom is -0.352 e. The molecule has 1 atom stereocenters. The Kier molecular flexibility index (Phi) is 8.27. The van der Waals surface area contributed by atoms with Gasteiger partial charge < -0.3 is 11.1 Å². The van der Waals surface area contributed by atoms with Crippen LogP contribution in [0, 0.1) is 13.8 Å². The second kappa shape index (κ2) is 9.73. The lowest BCUT2D eigenvalue weighted by molar-refractivity contribution is 0.0952. The number of halogens is 1. The lowest BCUT2D eigenvalue weighted by atomic mass is 10.1. The summed E-state index contributed by atoms with van der Waals surface area (Å²) in [6.07, 6.45) is 0.679. The summed E-state index contributed by atoms with van der Waals surface area (Å²) < 4.78 is 27.7. The number of carbonyl (C=O) groups excluding carboxylic acids is 1. The van der Waals surface area contributed by atoms with Crippen LogP contribution in [-0.4, -0.2) is 26.9 Å². The second-order valence-electron chi connectivity index (χ2n) is 6.40. The van der Waals surface area contributed by atoms with Crippen molar-refractivity contribution >= 4 is 34.0 Å². The maximum atomic E-state index is 12.6. The molecular weight excluding hydrogens is 386 g/mol. The van der Waals surface area contributed by atoms with Crippen molar-refractivity contribution < 1.29 is 13.2 Å². The Labute approximate surface area is 167 Å². The smallest absolute Gasteiger partial charge is 0.261 e. The van der Waals surface area contributed by atoms with Gasteiger partial charge in [0, 0.05) is 18.2 Å². The Hall–Kier alpha value is -2.09. The van der Waals surface area contributed by atoms with Crippen molar-refractivity contribution in [1.29, 1.82) is 0 Å². The fraction of sp³-hybridized carbons (Fsp3) is 0.316. The molecule has 2 rings (SSSR count). The van der Waals surface area contributed by atoms with E-state index < -0.39 is 10.0 Å². The number of nitrogens with one attached hydrogen (secondary N) is 2. The summed E-state index contributed by atoms with van der Waals surface area (Å²) in [7, 11) is -3.72. The molecule has 1 amide bonds. The van der Waals surface area contributed by atoms with Gasteiger partial charge in [-0.25, -0.2) is 8.42 Å². The van der Waals surface area contributed by atoms with E-state index in [0.717, 1.165) is 11.1 Å². The van der Waals surface area contributed by atoms with Crippen molar-refractivity contribution in [2.75, 3.05) is 11.3 Å². The van der Waals surface area contributed by atoms with Crippen molar-refractivity contribution in [2.24, 2.45) is 5.73 Å². The fourth-order valence-corrected chi connectivity index (χ4v) is 3.49. The minimum atomic E-state index is -3.72. The van der Waals surface area contributed by atoms with Gasteiger partial charge in [-0.1, -0.05) is 12.1 Å². The van der Waals surface area contributed by atoms with Crippen molar-refractivity contribution in [3.63, 3.8) is 0 Å². The predicted octanol–water partition coefficient (Wildman–Crippen LogP) is 2.99. The number of hydrogen-bond acceptors (Lipinski definition) is 4. The maximum Gasteiger partial charge on any atom is 0.261 e. The van der Waals surface area contributed by atoms with E-state index in [9.17, 15) is 13.2 Å². The molecule has 0 radical (unpaired) electrons. The first kappa shape index (κ1) is 23.0. The first-order valence-electron chi connectivity index (χ1n) is 8.43. The number of amides is 1. The van der Waals surface area contributed by atoms with E-state index in [1.165, 1.54) is 24.3 Å². The molecule has 0 saturated heterocycles. The van der Waals surface area contributed by atoms with Crippen molar-refractivity contribution in [3.8, 4) is 0 Å². The van der Waals surface area contributed by atoms with Gasteiger partial charge in [-0.2, -0.15) is 0 Å². The molecule has 0 aliphatic rings. The van der Waals surface area contributed by atoms with Crippen LogP contribution in [0.4, 0.5) is 5.69 Å². The van der Waals surface area contributed by atoms with Crippen LogP contribution in [-0.2, 0) is 10.0 Å². The van der Waals surface area contributed by atoms with E-state index in [4.69, 9.17) is 5.73 Å². The molecule has 0 aliphatic heterocycles. The zero-order chi connectivity index (χ0) is 19.3. The van der Waals surface area contributed by atoms with Gasteiger partial charge >= 0.3 is 0 Å². The van der Waals surface area contributed by atoms with Crippen LogP contribution in [0.1, 0.15) is 34.8 Å². The Morgan fingerprint density at radius 2 is 1.74 bits per heavy atom. The molecule has 27 heavy (non-hydrogen) atoms. The molecule has 6 nitrogen and oxygen atoms in total. The Balaban J connectivity index is 0.00000364. The highest BCUT2D eigenvalue weighted by Crippen LogP contribution is 2.22. The third kappa shape index (κ3) is 6.23. The molecule has 8 heteroatoms.